The molecule has 0 N–H and O–H groups in total. The highest BCUT2D eigenvalue weighted by atomic mass is 32.2. The first kappa shape index (κ1) is 17.4. The minimum absolute atomic E-state index is 0.162. The molecule has 0 aliphatic carbocycles. The van der Waals surface area contributed by atoms with Gasteiger partial charge in [0.15, 0.2) is 0 Å². The second kappa shape index (κ2) is 8.09. The van der Waals surface area contributed by atoms with Crippen molar-refractivity contribution in [2.24, 2.45) is 0 Å². The molecule has 0 aliphatic rings. The molecule has 0 saturated heterocycles. The Morgan fingerprint density at radius 3 is 2.12 bits per heavy atom. The van der Waals surface area contributed by atoms with Crippen LogP contribution < -0.4 is 0 Å². The molecule has 5 nitrogen and oxygen atoms in total. The fourth-order valence-corrected chi connectivity index (χ4v) is 4.01. The third-order valence-electron chi connectivity index (χ3n) is 3.91. The summed E-state index contributed by atoms with van der Waals surface area (Å²) in [5, 5.41) is 3.73. The highest BCUT2D eigenvalue weighted by Gasteiger charge is 2.23. The number of hydrogen-bond donors (Lipinski definition) is 0. The molecule has 0 bridgehead atoms. The molecule has 0 amide bonds. The van der Waals surface area contributed by atoms with E-state index in [2.05, 4.69) is 5.16 Å². The van der Waals surface area contributed by atoms with E-state index in [4.69, 9.17) is 4.52 Å². The first-order chi connectivity index (χ1) is 12.1. The van der Waals surface area contributed by atoms with E-state index >= 15 is 0 Å². The summed E-state index contributed by atoms with van der Waals surface area (Å²) >= 11 is 0. The van der Waals surface area contributed by atoms with E-state index in [9.17, 15) is 8.42 Å². The Morgan fingerprint density at radius 2 is 1.52 bits per heavy atom. The van der Waals surface area contributed by atoms with Gasteiger partial charge in [0.1, 0.15) is 12.0 Å². The molecule has 1 aromatic heterocycles. The quantitative estimate of drug-likeness (QED) is 0.621. The molecule has 0 atom stereocenters. The summed E-state index contributed by atoms with van der Waals surface area (Å²) in [5.41, 5.74) is 2.48. The normalized spacial score (nSPS) is 11.7. The molecule has 2 aromatic carbocycles. The van der Waals surface area contributed by atoms with E-state index in [1.807, 2.05) is 60.7 Å². The fourth-order valence-electron chi connectivity index (χ4n) is 2.59. The van der Waals surface area contributed by atoms with E-state index in [0.29, 0.717) is 25.2 Å². The van der Waals surface area contributed by atoms with Crippen LogP contribution in [0.2, 0.25) is 0 Å². The first-order valence-electron chi connectivity index (χ1n) is 8.08. The van der Waals surface area contributed by atoms with Crippen LogP contribution >= 0.6 is 0 Å². The molecular formula is C19H20N2O3S. The number of benzene rings is 2. The van der Waals surface area contributed by atoms with Crippen molar-refractivity contribution in [2.45, 2.75) is 18.7 Å². The molecule has 6 heteroatoms. The zero-order chi connectivity index (χ0) is 17.5. The number of nitrogens with zero attached hydrogens (tertiary/aromatic N) is 2. The van der Waals surface area contributed by atoms with E-state index < -0.39 is 10.0 Å². The molecule has 25 heavy (non-hydrogen) atoms. The summed E-state index contributed by atoms with van der Waals surface area (Å²) in [7, 11) is -3.50. The van der Waals surface area contributed by atoms with Crippen LogP contribution in [0.1, 0.15) is 16.8 Å². The van der Waals surface area contributed by atoms with E-state index in [1.54, 1.807) is 6.07 Å². The van der Waals surface area contributed by atoms with Crippen LogP contribution in [0.5, 0.6) is 0 Å². The summed E-state index contributed by atoms with van der Waals surface area (Å²) in [6.45, 7) is 0.757. The van der Waals surface area contributed by atoms with Gasteiger partial charge in [-0.05, 0) is 17.5 Å². The van der Waals surface area contributed by atoms with Crippen molar-refractivity contribution in [1.29, 1.82) is 0 Å². The predicted molar refractivity (Wildman–Crippen MR) is 96.1 cm³/mol. The van der Waals surface area contributed by atoms with Gasteiger partial charge >= 0.3 is 0 Å². The van der Waals surface area contributed by atoms with Crippen molar-refractivity contribution in [3.05, 3.63) is 89.8 Å². The monoisotopic (exact) mass is 356 g/mol. The van der Waals surface area contributed by atoms with Crippen molar-refractivity contribution >= 4 is 10.0 Å². The minimum atomic E-state index is -3.50. The summed E-state index contributed by atoms with van der Waals surface area (Å²) in [6, 6.07) is 21.1. The number of rotatable bonds is 8. The van der Waals surface area contributed by atoms with Crippen molar-refractivity contribution in [2.75, 3.05) is 6.54 Å². The molecule has 3 aromatic rings. The third kappa shape index (κ3) is 5.01. The predicted octanol–water partition coefficient (Wildman–Crippen LogP) is 3.25. The van der Waals surface area contributed by atoms with Gasteiger partial charge in [0, 0.05) is 19.2 Å². The van der Waals surface area contributed by atoms with E-state index in [-0.39, 0.29) is 5.75 Å². The van der Waals surface area contributed by atoms with Gasteiger partial charge in [-0.25, -0.2) is 8.42 Å². The maximum atomic E-state index is 12.9. The average molecular weight is 356 g/mol. The van der Waals surface area contributed by atoms with Crippen LogP contribution in [0.25, 0.3) is 0 Å². The first-order valence-corrected chi connectivity index (χ1v) is 9.69. The minimum Gasteiger partial charge on any atom is -0.364 e. The van der Waals surface area contributed by atoms with E-state index in [1.165, 1.54) is 10.6 Å². The third-order valence-corrected chi connectivity index (χ3v) is 5.67. The maximum absolute atomic E-state index is 12.9. The molecule has 0 aliphatic heterocycles. The van der Waals surface area contributed by atoms with Crippen molar-refractivity contribution in [3.8, 4) is 0 Å². The highest BCUT2D eigenvalue weighted by Crippen LogP contribution is 2.15. The van der Waals surface area contributed by atoms with Crippen molar-refractivity contribution in [1.82, 2.24) is 9.46 Å². The van der Waals surface area contributed by atoms with E-state index in [0.717, 1.165) is 11.1 Å². The molecular weight excluding hydrogens is 336 g/mol. The topological polar surface area (TPSA) is 63.4 Å². The summed E-state index contributed by atoms with van der Waals surface area (Å²) in [4.78, 5) is 0. The van der Waals surface area contributed by atoms with Crippen LogP contribution in [0.3, 0.4) is 0 Å². The number of sulfonamides is 1. The van der Waals surface area contributed by atoms with Crippen molar-refractivity contribution < 1.29 is 12.9 Å². The largest absolute Gasteiger partial charge is 0.364 e. The maximum Gasteiger partial charge on any atom is 0.220 e. The SMILES string of the molecule is O=S(=O)(Cc1ccon1)N(CCc1ccccc1)Cc1ccccc1. The van der Waals surface area contributed by atoms with Gasteiger partial charge in [0.05, 0.1) is 5.69 Å². The van der Waals surface area contributed by atoms with Gasteiger partial charge in [0.25, 0.3) is 0 Å². The zero-order valence-electron chi connectivity index (χ0n) is 13.8. The Hall–Kier alpha value is -2.44. The van der Waals surface area contributed by atoms with Crippen LogP contribution in [0.4, 0.5) is 0 Å². The molecule has 0 saturated carbocycles. The Bertz CT molecular complexity index is 864. The summed E-state index contributed by atoms with van der Waals surface area (Å²) < 4.78 is 32.0. The zero-order valence-corrected chi connectivity index (χ0v) is 14.6. The molecule has 1 heterocycles. The van der Waals surface area contributed by atoms with Crippen molar-refractivity contribution in [3.63, 3.8) is 0 Å². The second-order valence-electron chi connectivity index (χ2n) is 5.80. The number of aromatic nitrogens is 1. The lowest BCUT2D eigenvalue weighted by Gasteiger charge is -2.22. The summed E-state index contributed by atoms with van der Waals surface area (Å²) in [5.74, 6) is -0.162. The lowest BCUT2D eigenvalue weighted by Crippen LogP contribution is -2.33. The highest BCUT2D eigenvalue weighted by molar-refractivity contribution is 7.88. The molecule has 0 radical (unpaired) electrons. The lowest BCUT2D eigenvalue weighted by atomic mass is 10.1. The lowest BCUT2D eigenvalue weighted by molar-refractivity contribution is 0.400. The molecule has 0 unspecified atom stereocenters. The van der Waals surface area contributed by atoms with Gasteiger partial charge in [-0.2, -0.15) is 4.31 Å². The average Bonchev–Trinajstić information content (AvgIpc) is 3.12. The molecule has 130 valence electrons. The van der Waals surface area contributed by atoms with Gasteiger partial charge in [-0.3, -0.25) is 0 Å². The van der Waals surface area contributed by atoms with Gasteiger partial charge in [-0.1, -0.05) is 65.8 Å². The molecule has 0 fully saturated rings. The van der Waals surface area contributed by atoms with Gasteiger partial charge < -0.3 is 4.52 Å². The molecule has 3 rings (SSSR count). The Kier molecular flexibility index (Phi) is 5.63. The number of hydrogen-bond acceptors (Lipinski definition) is 4. The Morgan fingerprint density at radius 1 is 0.880 bits per heavy atom. The second-order valence-corrected chi connectivity index (χ2v) is 7.77. The van der Waals surface area contributed by atoms with Crippen LogP contribution in [-0.2, 0) is 28.7 Å². The summed E-state index contributed by atoms with van der Waals surface area (Å²) in [6.07, 6.45) is 2.04. The van der Waals surface area contributed by atoms with Gasteiger partial charge in [0.2, 0.25) is 10.0 Å². The smallest absolute Gasteiger partial charge is 0.220 e. The Balaban J connectivity index is 1.77. The van der Waals surface area contributed by atoms with Crippen LogP contribution in [0, 0.1) is 0 Å². The standard InChI is InChI=1S/C19H20N2O3S/c22-25(23,16-19-12-14-24-20-19)21(15-18-9-5-2-6-10-18)13-11-17-7-3-1-4-8-17/h1-10,12,14H,11,13,15-16H2. The molecule has 0 spiro atoms. The van der Waals surface area contributed by atoms with Gasteiger partial charge in [-0.15, -0.1) is 0 Å². The van der Waals surface area contributed by atoms with Crippen LogP contribution in [-0.4, -0.2) is 24.4 Å². The fraction of sp³-hybridized carbons (Fsp3) is 0.211. The van der Waals surface area contributed by atoms with Crippen LogP contribution in [0.15, 0.2) is 77.5 Å². The Labute approximate surface area is 147 Å².